The van der Waals surface area contributed by atoms with E-state index in [1.807, 2.05) is 18.2 Å². The molecule has 2 aromatic heterocycles. The Labute approximate surface area is 124 Å². The molecule has 0 aliphatic rings. The van der Waals surface area contributed by atoms with Gasteiger partial charge >= 0.3 is 0 Å². The molecule has 2 nitrogen and oxygen atoms in total. The number of fused-ring (bicyclic) bond motifs is 2. The van der Waals surface area contributed by atoms with Crippen LogP contribution >= 0.6 is 22.9 Å². The number of thiazole rings is 1. The van der Waals surface area contributed by atoms with Crippen LogP contribution in [0.5, 0.6) is 0 Å². The molecule has 2 aromatic carbocycles. The maximum atomic E-state index is 6.02. The van der Waals surface area contributed by atoms with Gasteiger partial charge in [0, 0.05) is 11.8 Å². The molecule has 0 aliphatic heterocycles. The van der Waals surface area contributed by atoms with Gasteiger partial charge in [0.05, 0.1) is 15.9 Å². The summed E-state index contributed by atoms with van der Waals surface area (Å²) in [6, 6.07) is 16.6. The Morgan fingerprint density at radius 3 is 2.70 bits per heavy atom. The first-order chi connectivity index (χ1) is 9.81. The minimum atomic E-state index is 0.551. The van der Waals surface area contributed by atoms with Crippen LogP contribution in [0.2, 0.25) is 4.47 Å². The Hall–Kier alpha value is -1.97. The molecule has 0 saturated heterocycles. The van der Waals surface area contributed by atoms with Gasteiger partial charge in [0.25, 0.3) is 0 Å². The third-order valence-electron chi connectivity index (χ3n) is 3.30. The Morgan fingerprint density at radius 2 is 1.80 bits per heavy atom. The molecule has 0 spiro atoms. The highest BCUT2D eigenvalue weighted by Crippen LogP contribution is 2.34. The Bertz CT molecular complexity index is 930. The lowest BCUT2D eigenvalue weighted by Crippen LogP contribution is -1.84. The maximum Gasteiger partial charge on any atom is 0.184 e. The molecular weight excluding hydrogens is 288 g/mol. The third kappa shape index (κ3) is 1.87. The van der Waals surface area contributed by atoms with E-state index in [2.05, 4.69) is 40.3 Å². The van der Waals surface area contributed by atoms with Gasteiger partial charge in [0.15, 0.2) is 4.47 Å². The number of nitrogens with zero attached hydrogens (tertiary/aromatic N) is 2. The van der Waals surface area contributed by atoms with E-state index >= 15 is 0 Å². The summed E-state index contributed by atoms with van der Waals surface area (Å²) in [5.74, 6) is 0. The van der Waals surface area contributed by atoms with E-state index < -0.39 is 0 Å². The van der Waals surface area contributed by atoms with Crippen LogP contribution in [0, 0.1) is 0 Å². The minimum Gasteiger partial charge on any atom is -0.255 e. The third-order valence-corrected chi connectivity index (χ3v) is 4.48. The topological polar surface area (TPSA) is 25.8 Å². The van der Waals surface area contributed by atoms with Crippen molar-refractivity contribution in [1.29, 1.82) is 0 Å². The predicted octanol–water partition coefficient (Wildman–Crippen LogP) is 5.16. The number of hydrogen-bond donors (Lipinski definition) is 0. The lowest BCUT2D eigenvalue weighted by atomic mass is 10.0. The molecule has 0 amide bonds. The molecule has 0 radical (unpaired) electrons. The number of hydrogen-bond acceptors (Lipinski definition) is 3. The van der Waals surface area contributed by atoms with Gasteiger partial charge in [0.1, 0.15) is 0 Å². The van der Waals surface area contributed by atoms with E-state index in [-0.39, 0.29) is 0 Å². The van der Waals surface area contributed by atoms with Gasteiger partial charge in [0.2, 0.25) is 0 Å². The number of benzene rings is 2. The van der Waals surface area contributed by atoms with E-state index in [4.69, 9.17) is 11.6 Å². The smallest absolute Gasteiger partial charge is 0.184 e. The van der Waals surface area contributed by atoms with E-state index in [9.17, 15) is 0 Å². The average Bonchev–Trinajstić information content (AvgIpc) is 2.86. The van der Waals surface area contributed by atoms with E-state index in [0.717, 1.165) is 21.5 Å². The van der Waals surface area contributed by atoms with Gasteiger partial charge in [-0.3, -0.25) is 4.98 Å². The summed E-state index contributed by atoms with van der Waals surface area (Å²) in [4.78, 5) is 8.81. The maximum absolute atomic E-state index is 6.02. The molecule has 4 rings (SSSR count). The summed E-state index contributed by atoms with van der Waals surface area (Å²) in [5.41, 5.74) is 2.94. The molecule has 4 aromatic rings. The molecule has 0 aliphatic carbocycles. The summed E-state index contributed by atoms with van der Waals surface area (Å²) < 4.78 is 1.59. The van der Waals surface area contributed by atoms with Crippen LogP contribution in [-0.2, 0) is 0 Å². The molecule has 20 heavy (non-hydrogen) atoms. The lowest BCUT2D eigenvalue weighted by molar-refractivity contribution is 1.35. The molecule has 0 atom stereocenters. The molecule has 0 N–H and O–H groups in total. The van der Waals surface area contributed by atoms with Gasteiger partial charge in [-0.25, -0.2) is 4.98 Å². The average molecular weight is 297 g/mol. The lowest BCUT2D eigenvalue weighted by Gasteiger charge is -2.04. The van der Waals surface area contributed by atoms with Gasteiger partial charge in [-0.2, -0.15) is 0 Å². The number of pyridine rings is 1. The standard InChI is InChI=1S/C16H9ClN2S/c17-16-19-13-7-8-18-14(15(13)20-16)12-6-5-10-3-1-2-4-11(10)9-12/h1-9H. The zero-order chi connectivity index (χ0) is 13.5. The molecule has 96 valence electrons. The van der Waals surface area contributed by atoms with Gasteiger partial charge in [-0.15, -0.1) is 11.3 Å². The van der Waals surface area contributed by atoms with Crippen molar-refractivity contribution in [2.45, 2.75) is 0 Å². The van der Waals surface area contributed by atoms with Crippen molar-refractivity contribution >= 4 is 43.9 Å². The first-order valence-corrected chi connectivity index (χ1v) is 7.41. The van der Waals surface area contributed by atoms with Crippen molar-refractivity contribution < 1.29 is 0 Å². The van der Waals surface area contributed by atoms with Crippen LogP contribution in [0.3, 0.4) is 0 Å². The summed E-state index contributed by atoms with van der Waals surface area (Å²) >= 11 is 7.49. The highest BCUT2D eigenvalue weighted by Gasteiger charge is 2.10. The predicted molar refractivity (Wildman–Crippen MR) is 85.4 cm³/mol. The second kappa shape index (κ2) is 4.54. The largest absolute Gasteiger partial charge is 0.255 e. The van der Waals surface area contributed by atoms with Crippen molar-refractivity contribution in [3.63, 3.8) is 0 Å². The zero-order valence-electron chi connectivity index (χ0n) is 10.4. The van der Waals surface area contributed by atoms with E-state index in [1.165, 1.54) is 22.1 Å². The van der Waals surface area contributed by atoms with Crippen molar-refractivity contribution in [3.05, 3.63) is 59.2 Å². The second-order valence-electron chi connectivity index (χ2n) is 4.54. The SMILES string of the molecule is Clc1nc2ccnc(-c3ccc4ccccc4c3)c2s1. The van der Waals surface area contributed by atoms with Crippen LogP contribution in [0.4, 0.5) is 0 Å². The number of halogens is 1. The summed E-state index contributed by atoms with van der Waals surface area (Å²) in [6.45, 7) is 0. The van der Waals surface area contributed by atoms with Crippen molar-refractivity contribution in [3.8, 4) is 11.3 Å². The van der Waals surface area contributed by atoms with Gasteiger partial charge < -0.3 is 0 Å². The van der Waals surface area contributed by atoms with Crippen LogP contribution in [0.1, 0.15) is 0 Å². The fourth-order valence-electron chi connectivity index (χ4n) is 2.37. The minimum absolute atomic E-state index is 0.551. The van der Waals surface area contributed by atoms with Crippen LogP contribution in [-0.4, -0.2) is 9.97 Å². The van der Waals surface area contributed by atoms with Crippen LogP contribution in [0.15, 0.2) is 54.7 Å². The first kappa shape index (κ1) is 11.8. The molecule has 0 unspecified atom stereocenters. The highest BCUT2D eigenvalue weighted by atomic mass is 35.5. The van der Waals surface area contributed by atoms with Crippen molar-refractivity contribution in [2.75, 3.05) is 0 Å². The molecule has 2 heterocycles. The van der Waals surface area contributed by atoms with Gasteiger partial charge in [-0.05, 0) is 22.9 Å². The summed E-state index contributed by atoms with van der Waals surface area (Å²) in [6.07, 6.45) is 1.78. The molecule has 0 fully saturated rings. The molecule has 4 heteroatoms. The molecular formula is C16H9ClN2S. The Morgan fingerprint density at radius 1 is 0.950 bits per heavy atom. The molecule has 0 saturated carbocycles. The van der Waals surface area contributed by atoms with Crippen LogP contribution in [0.25, 0.3) is 32.2 Å². The normalized spacial score (nSPS) is 11.2. The summed E-state index contributed by atoms with van der Waals surface area (Å²) in [5, 5.41) is 2.44. The number of aromatic nitrogens is 2. The van der Waals surface area contributed by atoms with Crippen LogP contribution < -0.4 is 0 Å². The molecule has 0 bridgehead atoms. The zero-order valence-corrected chi connectivity index (χ0v) is 11.9. The number of rotatable bonds is 1. The summed E-state index contributed by atoms with van der Waals surface area (Å²) in [7, 11) is 0. The second-order valence-corrected chi connectivity index (χ2v) is 6.12. The van der Waals surface area contributed by atoms with Gasteiger partial charge in [-0.1, -0.05) is 48.0 Å². The monoisotopic (exact) mass is 296 g/mol. The highest BCUT2D eigenvalue weighted by molar-refractivity contribution is 7.22. The fourth-order valence-corrected chi connectivity index (χ4v) is 3.49. The quantitative estimate of drug-likeness (QED) is 0.484. The van der Waals surface area contributed by atoms with E-state index in [1.54, 1.807) is 6.20 Å². The van der Waals surface area contributed by atoms with Crippen molar-refractivity contribution in [1.82, 2.24) is 9.97 Å². The van der Waals surface area contributed by atoms with Crippen molar-refractivity contribution in [2.24, 2.45) is 0 Å². The Balaban J connectivity index is 2.00. The first-order valence-electron chi connectivity index (χ1n) is 6.21. The van der Waals surface area contributed by atoms with E-state index in [0.29, 0.717) is 4.47 Å². The Kier molecular flexibility index (Phi) is 2.69. The fraction of sp³-hybridized carbons (Fsp3) is 0.